The third-order valence-electron chi connectivity index (χ3n) is 3.06. The molecule has 0 heterocycles. The lowest BCUT2D eigenvalue weighted by Crippen LogP contribution is -2.35. The van der Waals surface area contributed by atoms with E-state index in [1.807, 2.05) is 12.1 Å². The third-order valence-corrected chi connectivity index (χ3v) is 3.06. The fraction of sp³-hybridized carbons (Fsp3) is 0.562. The summed E-state index contributed by atoms with van der Waals surface area (Å²) in [6, 6.07) is 9.37. The largest absolute Gasteiger partial charge is 0.492 e. The molecule has 0 bridgehead atoms. The van der Waals surface area contributed by atoms with E-state index in [0.29, 0.717) is 12.2 Å². The molecule has 1 aromatic carbocycles. The fourth-order valence-corrected chi connectivity index (χ4v) is 1.91. The van der Waals surface area contributed by atoms with E-state index < -0.39 is 0 Å². The molecule has 20 heavy (non-hydrogen) atoms. The van der Waals surface area contributed by atoms with Gasteiger partial charge in [0, 0.05) is 19.6 Å². The standard InChI is InChI=1S/C16H25N3O/c1-4-9-19(11-10-18(2)3)12-13-20-16-7-5-15(14-17)6-8-16/h5-8H,4,9-13H2,1-3H3. The Morgan fingerprint density at radius 3 is 2.30 bits per heavy atom. The van der Waals surface area contributed by atoms with Crippen molar-refractivity contribution in [3.05, 3.63) is 29.8 Å². The monoisotopic (exact) mass is 275 g/mol. The summed E-state index contributed by atoms with van der Waals surface area (Å²) in [7, 11) is 4.19. The van der Waals surface area contributed by atoms with Gasteiger partial charge in [-0.2, -0.15) is 5.26 Å². The van der Waals surface area contributed by atoms with Crippen LogP contribution in [0.2, 0.25) is 0 Å². The Bertz CT molecular complexity index is 409. The van der Waals surface area contributed by atoms with E-state index in [4.69, 9.17) is 10.00 Å². The summed E-state index contributed by atoms with van der Waals surface area (Å²) in [5, 5.41) is 8.74. The second kappa shape index (κ2) is 9.35. The molecule has 0 spiro atoms. The Kier molecular flexibility index (Phi) is 7.71. The molecule has 0 atom stereocenters. The molecular weight excluding hydrogens is 250 g/mol. The lowest BCUT2D eigenvalue weighted by atomic mass is 10.2. The summed E-state index contributed by atoms with van der Waals surface area (Å²) >= 11 is 0. The van der Waals surface area contributed by atoms with Crippen molar-refractivity contribution in [1.29, 1.82) is 5.26 Å². The van der Waals surface area contributed by atoms with Crippen molar-refractivity contribution < 1.29 is 4.74 Å². The van der Waals surface area contributed by atoms with E-state index in [2.05, 4.69) is 36.9 Å². The summed E-state index contributed by atoms with van der Waals surface area (Å²) < 4.78 is 5.72. The van der Waals surface area contributed by atoms with E-state index in [9.17, 15) is 0 Å². The molecule has 0 radical (unpaired) electrons. The predicted octanol–water partition coefficient (Wildman–Crippen LogP) is 2.21. The van der Waals surface area contributed by atoms with Gasteiger partial charge in [0.2, 0.25) is 0 Å². The Balaban J connectivity index is 2.33. The highest BCUT2D eigenvalue weighted by atomic mass is 16.5. The molecule has 0 aliphatic heterocycles. The molecule has 0 N–H and O–H groups in total. The molecule has 4 heteroatoms. The van der Waals surface area contributed by atoms with Gasteiger partial charge < -0.3 is 9.64 Å². The van der Waals surface area contributed by atoms with Gasteiger partial charge in [-0.1, -0.05) is 6.92 Å². The van der Waals surface area contributed by atoms with Gasteiger partial charge in [0.25, 0.3) is 0 Å². The Hall–Kier alpha value is -1.57. The summed E-state index contributed by atoms with van der Waals surface area (Å²) in [5.41, 5.74) is 0.663. The summed E-state index contributed by atoms with van der Waals surface area (Å²) in [6.07, 6.45) is 1.16. The van der Waals surface area contributed by atoms with Crippen LogP contribution in [0.5, 0.6) is 5.75 Å². The normalized spacial score (nSPS) is 10.8. The molecule has 0 aliphatic carbocycles. The highest BCUT2D eigenvalue weighted by Gasteiger charge is 2.04. The fourth-order valence-electron chi connectivity index (χ4n) is 1.91. The average Bonchev–Trinajstić information content (AvgIpc) is 2.45. The van der Waals surface area contributed by atoms with Gasteiger partial charge in [0.1, 0.15) is 12.4 Å². The number of likely N-dealkylation sites (N-methyl/N-ethyl adjacent to an activating group) is 1. The van der Waals surface area contributed by atoms with Gasteiger partial charge in [-0.05, 0) is 51.3 Å². The number of ether oxygens (including phenoxy) is 1. The Labute approximate surface area is 122 Å². The Morgan fingerprint density at radius 2 is 1.75 bits per heavy atom. The first kappa shape index (κ1) is 16.5. The molecule has 4 nitrogen and oxygen atoms in total. The maximum atomic E-state index is 8.74. The van der Waals surface area contributed by atoms with E-state index in [1.165, 1.54) is 0 Å². The summed E-state index contributed by atoms with van der Waals surface area (Å²) in [5.74, 6) is 0.827. The van der Waals surface area contributed by atoms with Crippen LogP contribution in [0.1, 0.15) is 18.9 Å². The van der Waals surface area contributed by atoms with Gasteiger partial charge in [0.05, 0.1) is 11.6 Å². The van der Waals surface area contributed by atoms with Crippen LogP contribution >= 0.6 is 0 Å². The van der Waals surface area contributed by atoms with Gasteiger partial charge in [-0.25, -0.2) is 0 Å². The quantitative estimate of drug-likeness (QED) is 0.693. The zero-order valence-electron chi connectivity index (χ0n) is 12.8. The van der Waals surface area contributed by atoms with E-state index in [1.54, 1.807) is 12.1 Å². The molecular formula is C16H25N3O. The summed E-state index contributed by atoms with van der Waals surface area (Å²) in [4.78, 5) is 4.62. The van der Waals surface area contributed by atoms with Crippen LogP contribution < -0.4 is 4.74 Å². The second-order valence-electron chi connectivity index (χ2n) is 5.13. The SMILES string of the molecule is CCCN(CCOc1ccc(C#N)cc1)CCN(C)C. The summed E-state index contributed by atoms with van der Waals surface area (Å²) in [6.45, 7) is 7.05. The molecule has 0 amide bonds. The second-order valence-corrected chi connectivity index (χ2v) is 5.13. The Morgan fingerprint density at radius 1 is 1.05 bits per heavy atom. The first-order valence-corrected chi connectivity index (χ1v) is 7.15. The number of hydrogen-bond donors (Lipinski definition) is 0. The number of hydrogen-bond acceptors (Lipinski definition) is 4. The first-order chi connectivity index (χ1) is 9.65. The van der Waals surface area contributed by atoms with Gasteiger partial charge in [-0.15, -0.1) is 0 Å². The minimum atomic E-state index is 0.663. The van der Waals surface area contributed by atoms with E-state index >= 15 is 0 Å². The van der Waals surface area contributed by atoms with Crippen molar-refractivity contribution in [3.63, 3.8) is 0 Å². The van der Waals surface area contributed by atoms with E-state index in [0.717, 1.165) is 38.3 Å². The highest BCUT2D eigenvalue weighted by Crippen LogP contribution is 2.11. The molecule has 0 aromatic heterocycles. The average molecular weight is 275 g/mol. The molecule has 0 saturated carbocycles. The van der Waals surface area contributed by atoms with Crippen molar-refractivity contribution in [2.24, 2.45) is 0 Å². The van der Waals surface area contributed by atoms with Gasteiger partial charge >= 0.3 is 0 Å². The lowest BCUT2D eigenvalue weighted by molar-refractivity contribution is 0.194. The van der Waals surface area contributed by atoms with Crippen molar-refractivity contribution in [2.75, 3.05) is 46.9 Å². The molecule has 0 unspecified atom stereocenters. The molecule has 110 valence electrons. The number of rotatable bonds is 9. The molecule has 0 saturated heterocycles. The van der Waals surface area contributed by atoms with Crippen molar-refractivity contribution in [3.8, 4) is 11.8 Å². The molecule has 1 aromatic rings. The zero-order chi connectivity index (χ0) is 14.8. The van der Waals surface area contributed by atoms with Crippen LogP contribution in [-0.4, -0.2) is 56.7 Å². The lowest BCUT2D eigenvalue weighted by Gasteiger charge is -2.23. The number of nitriles is 1. The maximum absolute atomic E-state index is 8.74. The number of nitrogens with zero attached hydrogens (tertiary/aromatic N) is 3. The predicted molar refractivity (Wildman–Crippen MR) is 81.9 cm³/mol. The van der Waals surface area contributed by atoms with Crippen LogP contribution in [0.15, 0.2) is 24.3 Å². The first-order valence-electron chi connectivity index (χ1n) is 7.15. The maximum Gasteiger partial charge on any atom is 0.119 e. The molecule has 0 fully saturated rings. The topological polar surface area (TPSA) is 39.5 Å². The minimum Gasteiger partial charge on any atom is -0.492 e. The minimum absolute atomic E-state index is 0.663. The van der Waals surface area contributed by atoms with E-state index in [-0.39, 0.29) is 0 Å². The highest BCUT2D eigenvalue weighted by molar-refractivity contribution is 5.34. The zero-order valence-corrected chi connectivity index (χ0v) is 12.8. The van der Waals surface area contributed by atoms with Crippen LogP contribution in [-0.2, 0) is 0 Å². The van der Waals surface area contributed by atoms with Crippen LogP contribution in [0, 0.1) is 11.3 Å². The van der Waals surface area contributed by atoms with Crippen LogP contribution in [0.25, 0.3) is 0 Å². The van der Waals surface area contributed by atoms with Gasteiger partial charge in [-0.3, -0.25) is 4.90 Å². The smallest absolute Gasteiger partial charge is 0.119 e. The van der Waals surface area contributed by atoms with Crippen molar-refractivity contribution >= 4 is 0 Å². The van der Waals surface area contributed by atoms with Gasteiger partial charge in [0.15, 0.2) is 0 Å². The van der Waals surface area contributed by atoms with Crippen LogP contribution in [0.3, 0.4) is 0 Å². The molecule has 1 rings (SSSR count). The third kappa shape index (κ3) is 6.55. The molecule has 0 aliphatic rings. The van der Waals surface area contributed by atoms with Crippen molar-refractivity contribution in [2.45, 2.75) is 13.3 Å². The van der Waals surface area contributed by atoms with Crippen molar-refractivity contribution in [1.82, 2.24) is 9.80 Å². The van der Waals surface area contributed by atoms with Crippen LogP contribution in [0.4, 0.5) is 0 Å². The number of benzene rings is 1.